The number of carbonyl (C=O) groups is 1. The van der Waals surface area contributed by atoms with Gasteiger partial charge in [0, 0.05) is 5.92 Å². The maximum Gasteiger partial charge on any atom is 0.223 e. The van der Waals surface area contributed by atoms with Gasteiger partial charge in [0.25, 0.3) is 0 Å². The van der Waals surface area contributed by atoms with Gasteiger partial charge in [-0.3, -0.25) is 4.79 Å². The van der Waals surface area contributed by atoms with E-state index in [2.05, 4.69) is 5.32 Å². The summed E-state index contributed by atoms with van der Waals surface area (Å²) in [6.07, 6.45) is 2.03. The fourth-order valence-corrected chi connectivity index (χ4v) is 0.463. The van der Waals surface area contributed by atoms with E-state index < -0.39 is 0 Å². The van der Waals surface area contributed by atoms with Crippen molar-refractivity contribution in [2.45, 2.75) is 12.8 Å². The minimum atomic E-state index is -0.0139. The molecule has 1 saturated carbocycles. The zero-order valence-electron chi connectivity index (χ0n) is 3.98. The summed E-state index contributed by atoms with van der Waals surface area (Å²) in [4.78, 5) is 10.3. The van der Waals surface area contributed by atoms with Gasteiger partial charge in [-0.1, -0.05) is 0 Å². The molecule has 1 rings (SSSR count). The zero-order valence-corrected chi connectivity index (χ0v) is 3.98. The molecule has 0 spiro atoms. The SMILES string of the molecule is [CH]NC(=O)C1CC1. The zero-order chi connectivity index (χ0) is 5.28. The third-order valence-electron chi connectivity index (χ3n) is 1.09. The normalized spacial score (nSPS) is 19.0. The van der Waals surface area contributed by atoms with E-state index in [9.17, 15) is 4.79 Å². The standard InChI is InChI=1S/C5H7NO/c1-6-5(7)4-2-3-4/h1,4H,2-3H2,(H,6,7). The van der Waals surface area contributed by atoms with E-state index in [0.717, 1.165) is 12.8 Å². The molecule has 0 bridgehead atoms. The first-order valence-electron chi connectivity index (χ1n) is 2.35. The minimum absolute atomic E-state index is 0.0139. The Kier molecular flexibility index (Phi) is 1.01. The van der Waals surface area contributed by atoms with Crippen LogP contribution in [0, 0.1) is 13.0 Å². The highest BCUT2D eigenvalue weighted by Crippen LogP contribution is 2.28. The molecule has 0 aromatic rings. The summed E-state index contributed by atoms with van der Waals surface area (Å²) in [7, 11) is 4.81. The summed E-state index contributed by atoms with van der Waals surface area (Å²) in [5.41, 5.74) is 0. The van der Waals surface area contributed by atoms with Crippen LogP contribution in [-0.4, -0.2) is 5.91 Å². The second-order valence-corrected chi connectivity index (χ2v) is 1.78. The Labute approximate surface area is 42.9 Å². The Morgan fingerprint density at radius 3 is 2.43 bits per heavy atom. The molecular weight excluding hydrogens is 90.1 g/mol. The summed E-state index contributed by atoms with van der Waals surface area (Å²) in [5, 5.41) is 2.09. The fraction of sp³-hybridized carbons (Fsp3) is 0.600. The van der Waals surface area contributed by atoms with Crippen molar-refractivity contribution in [1.82, 2.24) is 5.32 Å². The summed E-state index contributed by atoms with van der Waals surface area (Å²) in [5.74, 6) is 0.227. The molecule has 2 nitrogen and oxygen atoms in total. The lowest BCUT2D eigenvalue weighted by atomic mass is 10.4. The molecule has 1 aliphatic carbocycles. The van der Waals surface area contributed by atoms with Crippen LogP contribution in [0.3, 0.4) is 0 Å². The first-order valence-corrected chi connectivity index (χ1v) is 2.35. The molecule has 0 aliphatic heterocycles. The van der Waals surface area contributed by atoms with Gasteiger partial charge in [-0.2, -0.15) is 0 Å². The molecule has 1 aliphatic rings. The van der Waals surface area contributed by atoms with Crippen molar-refractivity contribution in [3.8, 4) is 0 Å². The van der Waals surface area contributed by atoms with Gasteiger partial charge in [0.15, 0.2) is 0 Å². The van der Waals surface area contributed by atoms with Crippen LogP contribution in [0.5, 0.6) is 0 Å². The van der Waals surface area contributed by atoms with Crippen LogP contribution in [0.15, 0.2) is 0 Å². The van der Waals surface area contributed by atoms with Crippen LogP contribution in [0.2, 0.25) is 0 Å². The van der Waals surface area contributed by atoms with Gasteiger partial charge in [-0.05, 0) is 12.8 Å². The van der Waals surface area contributed by atoms with Gasteiger partial charge in [-0.15, -0.1) is 0 Å². The van der Waals surface area contributed by atoms with E-state index in [1.165, 1.54) is 0 Å². The molecular formula is C5H7NO. The molecule has 2 heteroatoms. The molecule has 0 aromatic heterocycles. The Morgan fingerprint density at radius 2 is 2.29 bits per heavy atom. The monoisotopic (exact) mass is 97.1 g/mol. The summed E-state index contributed by atoms with van der Waals surface area (Å²) >= 11 is 0. The molecule has 1 N–H and O–H groups in total. The minimum Gasteiger partial charge on any atom is -0.349 e. The van der Waals surface area contributed by atoms with E-state index in [4.69, 9.17) is 7.05 Å². The predicted octanol–water partition coefficient (Wildman–Crippen LogP) is 0.181. The van der Waals surface area contributed by atoms with Crippen molar-refractivity contribution in [3.05, 3.63) is 7.05 Å². The topological polar surface area (TPSA) is 29.1 Å². The van der Waals surface area contributed by atoms with Crippen LogP contribution in [-0.2, 0) is 4.79 Å². The van der Waals surface area contributed by atoms with E-state index in [0.29, 0.717) is 0 Å². The number of hydrogen-bond donors (Lipinski definition) is 1. The predicted molar refractivity (Wildman–Crippen MR) is 25.2 cm³/mol. The highest BCUT2D eigenvalue weighted by molar-refractivity contribution is 5.80. The molecule has 7 heavy (non-hydrogen) atoms. The van der Waals surface area contributed by atoms with E-state index in [1.807, 2.05) is 0 Å². The van der Waals surface area contributed by atoms with Gasteiger partial charge < -0.3 is 5.32 Å². The van der Waals surface area contributed by atoms with Crippen molar-refractivity contribution in [3.63, 3.8) is 0 Å². The van der Waals surface area contributed by atoms with E-state index >= 15 is 0 Å². The first-order chi connectivity index (χ1) is 3.34. The number of nitrogens with one attached hydrogen (secondary N) is 1. The molecule has 0 atom stereocenters. The van der Waals surface area contributed by atoms with Crippen LogP contribution >= 0.6 is 0 Å². The molecule has 38 valence electrons. The molecule has 1 amide bonds. The third-order valence-corrected chi connectivity index (χ3v) is 1.09. The molecule has 0 heterocycles. The van der Waals surface area contributed by atoms with Crippen LogP contribution in [0.1, 0.15) is 12.8 Å². The lowest BCUT2D eigenvalue weighted by Gasteiger charge is -1.88. The van der Waals surface area contributed by atoms with Gasteiger partial charge in [0.05, 0.1) is 7.05 Å². The molecule has 0 aromatic carbocycles. The fourth-order valence-electron chi connectivity index (χ4n) is 0.463. The maximum atomic E-state index is 10.3. The average Bonchev–Trinajstić information content (AvgIpc) is 2.44. The number of rotatable bonds is 1. The summed E-state index contributed by atoms with van der Waals surface area (Å²) in [6.45, 7) is 0. The van der Waals surface area contributed by atoms with Crippen LogP contribution in [0.4, 0.5) is 0 Å². The van der Waals surface area contributed by atoms with E-state index in [-0.39, 0.29) is 11.8 Å². The van der Waals surface area contributed by atoms with Crippen LogP contribution < -0.4 is 5.32 Å². The largest absolute Gasteiger partial charge is 0.349 e. The molecule has 2 radical (unpaired) electrons. The van der Waals surface area contributed by atoms with Crippen molar-refractivity contribution in [2.24, 2.45) is 5.92 Å². The van der Waals surface area contributed by atoms with Crippen molar-refractivity contribution >= 4 is 5.91 Å². The first kappa shape index (κ1) is 4.62. The highest BCUT2D eigenvalue weighted by atomic mass is 16.1. The maximum absolute atomic E-state index is 10.3. The Morgan fingerprint density at radius 1 is 1.71 bits per heavy atom. The second kappa shape index (κ2) is 1.52. The Bertz CT molecular complexity index is 86.1. The highest BCUT2D eigenvalue weighted by Gasteiger charge is 2.28. The van der Waals surface area contributed by atoms with Crippen molar-refractivity contribution < 1.29 is 4.79 Å². The molecule has 0 saturated heterocycles. The van der Waals surface area contributed by atoms with Crippen LogP contribution in [0.25, 0.3) is 0 Å². The summed E-state index contributed by atoms with van der Waals surface area (Å²) < 4.78 is 0. The lowest BCUT2D eigenvalue weighted by molar-refractivity contribution is -0.121. The van der Waals surface area contributed by atoms with Gasteiger partial charge >= 0.3 is 0 Å². The second-order valence-electron chi connectivity index (χ2n) is 1.78. The molecule has 1 fully saturated rings. The van der Waals surface area contributed by atoms with E-state index in [1.54, 1.807) is 0 Å². The van der Waals surface area contributed by atoms with Crippen molar-refractivity contribution in [1.29, 1.82) is 0 Å². The summed E-state index contributed by atoms with van der Waals surface area (Å²) in [6, 6.07) is 0. The Balaban J connectivity index is 2.24. The quantitative estimate of drug-likeness (QED) is 0.465. The van der Waals surface area contributed by atoms with Gasteiger partial charge in [0.2, 0.25) is 5.91 Å². The van der Waals surface area contributed by atoms with Gasteiger partial charge in [0.1, 0.15) is 0 Å². The Hall–Kier alpha value is -0.530. The van der Waals surface area contributed by atoms with Gasteiger partial charge in [-0.25, -0.2) is 0 Å². The average molecular weight is 97.1 g/mol. The third kappa shape index (κ3) is 0.918. The number of hydrogen-bond acceptors (Lipinski definition) is 1. The van der Waals surface area contributed by atoms with Crippen molar-refractivity contribution in [2.75, 3.05) is 0 Å². The number of amides is 1. The molecule has 0 unspecified atom stereocenters. The smallest absolute Gasteiger partial charge is 0.223 e. The lowest BCUT2D eigenvalue weighted by Crippen LogP contribution is -2.16. The number of carbonyl (C=O) groups excluding carboxylic acids is 1.